The van der Waals surface area contributed by atoms with Crippen LogP contribution in [0.15, 0.2) is 36.5 Å². The highest BCUT2D eigenvalue weighted by molar-refractivity contribution is 5.69. The summed E-state index contributed by atoms with van der Waals surface area (Å²) in [7, 11) is 0. The van der Waals surface area contributed by atoms with Crippen LogP contribution >= 0.6 is 0 Å². The molecule has 0 heterocycles. The van der Waals surface area contributed by atoms with Crippen LogP contribution in [0.2, 0.25) is 0 Å². The predicted molar refractivity (Wildman–Crippen MR) is 181 cm³/mol. The van der Waals surface area contributed by atoms with E-state index in [-0.39, 0.29) is 18.5 Å². The van der Waals surface area contributed by atoms with Gasteiger partial charge in [0.1, 0.15) is 6.10 Å². The minimum Gasteiger partial charge on any atom is -0.481 e. The van der Waals surface area contributed by atoms with Crippen molar-refractivity contribution >= 4 is 11.9 Å². The van der Waals surface area contributed by atoms with Crippen molar-refractivity contribution in [3.63, 3.8) is 0 Å². The molecule has 0 spiro atoms. The van der Waals surface area contributed by atoms with E-state index in [0.717, 1.165) is 77.0 Å². The third kappa shape index (κ3) is 32.7. The Kier molecular flexibility index (Phi) is 32.2. The van der Waals surface area contributed by atoms with Crippen molar-refractivity contribution in [1.29, 1.82) is 0 Å². The first-order chi connectivity index (χ1) is 20.6. The molecule has 0 amide bonds. The largest absolute Gasteiger partial charge is 0.481 e. The van der Waals surface area contributed by atoms with Crippen molar-refractivity contribution in [1.82, 2.24) is 0 Å². The lowest BCUT2D eigenvalue weighted by molar-refractivity contribution is -0.150. The van der Waals surface area contributed by atoms with Crippen LogP contribution in [0, 0.1) is 0 Å². The van der Waals surface area contributed by atoms with Gasteiger partial charge in [-0.2, -0.15) is 0 Å². The van der Waals surface area contributed by atoms with Crippen LogP contribution in [0.3, 0.4) is 0 Å². The van der Waals surface area contributed by atoms with Crippen molar-refractivity contribution in [2.75, 3.05) is 0 Å². The predicted octanol–water partition coefficient (Wildman–Crippen LogP) is 12.2. The molecule has 244 valence electrons. The Bertz CT molecular complexity index is 679. The molecule has 1 atom stereocenters. The van der Waals surface area contributed by atoms with Crippen molar-refractivity contribution in [3.8, 4) is 0 Å². The Balaban J connectivity index is 3.82. The van der Waals surface area contributed by atoms with Gasteiger partial charge in [-0.1, -0.05) is 140 Å². The first kappa shape index (κ1) is 40.2. The number of esters is 1. The average molecular weight is 589 g/mol. The molecule has 0 aromatic heterocycles. The molecule has 0 fully saturated rings. The molecule has 0 bridgehead atoms. The standard InChI is InChI=1S/C38H68O4/c1-3-5-7-9-11-12-13-14-15-16-17-18-19-20-21-22-23-25-31-35-38(41)42-36(32-28-24-10-8-6-4-2)33-29-26-27-30-34-37(39)40/h5,7,11-12,14-15,36H,3-4,6,8-10,13,16-35H2,1-2H3,(H,39,40)/b7-5-,12-11-,15-14-. The molecule has 4 heteroatoms. The van der Waals surface area contributed by atoms with Crippen LogP contribution in [0.4, 0.5) is 0 Å². The fourth-order valence-corrected chi connectivity index (χ4v) is 5.26. The zero-order valence-corrected chi connectivity index (χ0v) is 27.8. The number of rotatable bonds is 32. The minimum absolute atomic E-state index is 0.0222. The van der Waals surface area contributed by atoms with Crippen LogP contribution < -0.4 is 0 Å². The maximum atomic E-state index is 12.5. The van der Waals surface area contributed by atoms with Gasteiger partial charge in [0.05, 0.1) is 0 Å². The summed E-state index contributed by atoms with van der Waals surface area (Å²) >= 11 is 0. The van der Waals surface area contributed by atoms with E-state index in [0.29, 0.717) is 6.42 Å². The highest BCUT2D eigenvalue weighted by atomic mass is 16.5. The van der Waals surface area contributed by atoms with Crippen LogP contribution in [0.5, 0.6) is 0 Å². The fraction of sp³-hybridized carbons (Fsp3) is 0.789. The molecular weight excluding hydrogens is 520 g/mol. The molecule has 1 N–H and O–H groups in total. The zero-order chi connectivity index (χ0) is 30.8. The van der Waals surface area contributed by atoms with Gasteiger partial charge < -0.3 is 9.84 Å². The normalized spacial score (nSPS) is 12.6. The summed E-state index contributed by atoms with van der Waals surface area (Å²) in [5.74, 6) is -0.736. The fourth-order valence-electron chi connectivity index (χ4n) is 5.26. The SMILES string of the molecule is CC/C=C\C/C=C\C/C=C\CCCCCCCCCCCC(=O)OC(CCCCCCCC)CCCCCCC(=O)O. The van der Waals surface area contributed by atoms with E-state index in [1.165, 1.54) is 83.5 Å². The smallest absolute Gasteiger partial charge is 0.306 e. The summed E-state index contributed by atoms with van der Waals surface area (Å²) in [6, 6.07) is 0. The van der Waals surface area contributed by atoms with Crippen LogP contribution in [0.25, 0.3) is 0 Å². The van der Waals surface area contributed by atoms with E-state index in [9.17, 15) is 9.59 Å². The summed E-state index contributed by atoms with van der Waals surface area (Å²) in [5, 5.41) is 8.79. The van der Waals surface area contributed by atoms with Gasteiger partial charge in [-0.3, -0.25) is 9.59 Å². The lowest BCUT2D eigenvalue weighted by Crippen LogP contribution is -2.18. The van der Waals surface area contributed by atoms with Gasteiger partial charge in [-0.25, -0.2) is 0 Å². The Morgan fingerprint density at radius 3 is 1.55 bits per heavy atom. The number of carbonyl (C=O) groups excluding carboxylic acids is 1. The number of carboxylic acids is 1. The highest BCUT2D eigenvalue weighted by Crippen LogP contribution is 2.18. The van der Waals surface area contributed by atoms with Crippen molar-refractivity contribution in [3.05, 3.63) is 36.5 Å². The summed E-state index contributed by atoms with van der Waals surface area (Å²) in [6.45, 7) is 4.41. The second kappa shape index (κ2) is 33.7. The van der Waals surface area contributed by atoms with E-state index < -0.39 is 5.97 Å². The van der Waals surface area contributed by atoms with Crippen molar-refractivity contribution in [2.45, 2.75) is 193 Å². The second-order valence-electron chi connectivity index (χ2n) is 12.0. The van der Waals surface area contributed by atoms with Crippen molar-refractivity contribution in [2.24, 2.45) is 0 Å². The summed E-state index contributed by atoms with van der Waals surface area (Å²) in [5.41, 5.74) is 0. The number of ether oxygens (including phenoxy) is 1. The number of aliphatic carboxylic acids is 1. The maximum Gasteiger partial charge on any atom is 0.306 e. The van der Waals surface area contributed by atoms with E-state index in [4.69, 9.17) is 9.84 Å². The number of carbonyl (C=O) groups is 2. The highest BCUT2D eigenvalue weighted by Gasteiger charge is 2.14. The molecule has 0 rings (SSSR count). The summed E-state index contributed by atoms with van der Waals surface area (Å²) in [4.78, 5) is 23.2. The number of hydrogen-bond acceptors (Lipinski definition) is 3. The van der Waals surface area contributed by atoms with Gasteiger partial charge in [0.25, 0.3) is 0 Å². The number of unbranched alkanes of at least 4 members (excludes halogenated alkanes) is 17. The molecule has 0 saturated heterocycles. The minimum atomic E-state index is -0.713. The summed E-state index contributed by atoms with van der Waals surface area (Å²) in [6.07, 6.45) is 43.1. The van der Waals surface area contributed by atoms with Crippen molar-refractivity contribution < 1.29 is 19.4 Å². The summed E-state index contributed by atoms with van der Waals surface area (Å²) < 4.78 is 5.92. The number of carboxylic acid groups (broad SMARTS) is 1. The molecular formula is C38H68O4. The average Bonchev–Trinajstić information content (AvgIpc) is 2.97. The Labute approximate surface area is 260 Å². The van der Waals surface area contributed by atoms with E-state index in [1.54, 1.807) is 0 Å². The van der Waals surface area contributed by atoms with E-state index in [1.807, 2.05) is 0 Å². The van der Waals surface area contributed by atoms with Gasteiger partial charge in [0.15, 0.2) is 0 Å². The molecule has 0 aromatic rings. The first-order valence-corrected chi connectivity index (χ1v) is 18.0. The molecule has 0 aliphatic carbocycles. The Morgan fingerprint density at radius 2 is 1.00 bits per heavy atom. The molecule has 0 aliphatic heterocycles. The molecule has 0 saturated carbocycles. The lowest BCUT2D eigenvalue weighted by atomic mass is 10.0. The van der Waals surface area contributed by atoms with E-state index in [2.05, 4.69) is 50.3 Å². The monoisotopic (exact) mass is 589 g/mol. The van der Waals surface area contributed by atoms with Gasteiger partial charge in [-0.15, -0.1) is 0 Å². The van der Waals surface area contributed by atoms with Gasteiger partial charge in [0, 0.05) is 12.8 Å². The van der Waals surface area contributed by atoms with Crippen LogP contribution in [-0.4, -0.2) is 23.1 Å². The van der Waals surface area contributed by atoms with Crippen LogP contribution in [-0.2, 0) is 14.3 Å². The topological polar surface area (TPSA) is 63.6 Å². The Morgan fingerprint density at radius 1 is 0.548 bits per heavy atom. The maximum absolute atomic E-state index is 12.5. The van der Waals surface area contributed by atoms with Gasteiger partial charge in [0.2, 0.25) is 0 Å². The molecule has 0 aromatic carbocycles. The molecule has 42 heavy (non-hydrogen) atoms. The zero-order valence-electron chi connectivity index (χ0n) is 27.8. The molecule has 4 nitrogen and oxygen atoms in total. The second-order valence-corrected chi connectivity index (χ2v) is 12.0. The number of hydrogen-bond donors (Lipinski definition) is 1. The number of allylic oxidation sites excluding steroid dienone is 6. The third-order valence-corrected chi connectivity index (χ3v) is 7.88. The van der Waals surface area contributed by atoms with Gasteiger partial charge >= 0.3 is 11.9 Å². The van der Waals surface area contributed by atoms with Gasteiger partial charge in [-0.05, 0) is 70.6 Å². The molecule has 1 unspecified atom stereocenters. The molecule has 0 aliphatic rings. The van der Waals surface area contributed by atoms with Crippen LogP contribution in [0.1, 0.15) is 187 Å². The third-order valence-electron chi connectivity index (χ3n) is 7.88. The molecule has 0 radical (unpaired) electrons. The quantitative estimate of drug-likeness (QED) is 0.0482. The first-order valence-electron chi connectivity index (χ1n) is 18.0. The van der Waals surface area contributed by atoms with E-state index >= 15 is 0 Å². The lowest BCUT2D eigenvalue weighted by Gasteiger charge is -2.18. The Hall–Kier alpha value is -1.84.